The molecule has 1 aromatic carbocycles. The monoisotopic (exact) mass is 327 g/mol. The lowest BCUT2D eigenvalue weighted by Crippen LogP contribution is -2.42. The molecule has 0 fully saturated rings. The minimum Gasteiger partial charge on any atom is -0.480 e. The maximum absolute atomic E-state index is 12.1. The van der Waals surface area contributed by atoms with Gasteiger partial charge in [-0.3, -0.25) is 4.79 Å². The number of carbonyl (C=O) groups excluding carboxylic acids is 1. The van der Waals surface area contributed by atoms with E-state index in [9.17, 15) is 14.7 Å². The number of aromatic nitrogens is 2. The quantitative estimate of drug-likeness (QED) is 0.784. The van der Waals surface area contributed by atoms with E-state index < -0.39 is 17.9 Å². The highest BCUT2D eigenvalue weighted by atomic mass is 35.5. The molecule has 0 saturated carbocycles. The number of imidazole rings is 1. The number of aliphatic carboxylic acids is 1. The summed E-state index contributed by atoms with van der Waals surface area (Å²) in [5, 5.41) is 12.2. The first-order valence-electron chi connectivity index (χ1n) is 5.92. The fraction of sp³-hybridized carbons (Fsp3) is 0.154. The van der Waals surface area contributed by atoms with E-state index in [0.717, 1.165) is 0 Å². The zero-order valence-corrected chi connectivity index (χ0v) is 12.1. The molecule has 0 aliphatic heterocycles. The van der Waals surface area contributed by atoms with Crippen molar-refractivity contribution >= 4 is 35.1 Å². The number of rotatable bonds is 5. The molecule has 0 aliphatic carbocycles. The first kappa shape index (κ1) is 15.3. The number of nitrogens with one attached hydrogen (secondary N) is 2. The molecule has 1 amide bonds. The lowest BCUT2D eigenvalue weighted by Gasteiger charge is -2.14. The Kier molecular flexibility index (Phi) is 4.82. The van der Waals surface area contributed by atoms with Gasteiger partial charge in [0, 0.05) is 33.9 Å². The standard InChI is InChI=1S/C13H11Cl2N3O3/c14-8-1-7(2-9(15)3-8)12(19)18-11(13(20)21)4-10-5-16-6-17-10/h1-3,5-6,11H,4H2,(H,16,17)(H,18,19)(H,20,21)/t11-/m1/s1. The molecule has 6 nitrogen and oxygen atoms in total. The van der Waals surface area contributed by atoms with Gasteiger partial charge in [-0.25, -0.2) is 9.78 Å². The topological polar surface area (TPSA) is 95.1 Å². The first-order chi connectivity index (χ1) is 9.95. The van der Waals surface area contributed by atoms with Gasteiger partial charge in [0.25, 0.3) is 5.91 Å². The minimum atomic E-state index is -1.15. The Balaban J connectivity index is 2.12. The normalized spacial score (nSPS) is 11.9. The highest BCUT2D eigenvalue weighted by molar-refractivity contribution is 6.35. The molecule has 0 saturated heterocycles. The molecular formula is C13H11Cl2N3O3. The molecule has 0 aliphatic rings. The molecule has 0 unspecified atom stereocenters. The van der Waals surface area contributed by atoms with Crippen LogP contribution in [-0.2, 0) is 11.2 Å². The second-order valence-corrected chi connectivity index (χ2v) is 5.18. The van der Waals surface area contributed by atoms with Crippen molar-refractivity contribution in [2.24, 2.45) is 0 Å². The number of benzene rings is 1. The third-order valence-electron chi connectivity index (χ3n) is 2.71. The van der Waals surface area contributed by atoms with Crippen LogP contribution in [0.3, 0.4) is 0 Å². The zero-order chi connectivity index (χ0) is 15.4. The fourth-order valence-electron chi connectivity index (χ4n) is 1.74. The molecule has 3 N–H and O–H groups in total. The van der Waals surface area contributed by atoms with Crippen LogP contribution in [-0.4, -0.2) is 33.0 Å². The van der Waals surface area contributed by atoms with E-state index in [1.807, 2.05) is 0 Å². The highest BCUT2D eigenvalue weighted by Gasteiger charge is 2.22. The number of carboxylic acids is 1. The molecule has 0 spiro atoms. The van der Waals surface area contributed by atoms with E-state index in [1.54, 1.807) is 0 Å². The number of carbonyl (C=O) groups is 2. The summed E-state index contributed by atoms with van der Waals surface area (Å²) in [6.45, 7) is 0. The van der Waals surface area contributed by atoms with Gasteiger partial charge in [-0.15, -0.1) is 0 Å². The Labute approximate surface area is 130 Å². The van der Waals surface area contributed by atoms with Crippen molar-refractivity contribution in [1.82, 2.24) is 15.3 Å². The highest BCUT2D eigenvalue weighted by Crippen LogP contribution is 2.19. The SMILES string of the molecule is O=C(N[C@H](Cc1cnc[nH]1)C(=O)O)c1cc(Cl)cc(Cl)c1. The molecule has 2 aromatic rings. The Morgan fingerprint density at radius 2 is 1.95 bits per heavy atom. The summed E-state index contributed by atoms with van der Waals surface area (Å²) >= 11 is 11.6. The summed E-state index contributed by atoms with van der Waals surface area (Å²) in [6, 6.07) is 3.23. The Hall–Kier alpha value is -2.05. The molecule has 21 heavy (non-hydrogen) atoms. The summed E-state index contributed by atoms with van der Waals surface area (Å²) in [6.07, 6.45) is 3.03. The van der Waals surface area contributed by atoms with Gasteiger partial charge >= 0.3 is 5.97 Å². The summed E-state index contributed by atoms with van der Waals surface area (Å²) in [5.41, 5.74) is 0.801. The predicted octanol–water partition coefficient (Wildman–Crippen LogP) is 2.14. The van der Waals surface area contributed by atoms with Crippen LogP contribution >= 0.6 is 23.2 Å². The van der Waals surface area contributed by atoms with Gasteiger partial charge in [0.1, 0.15) is 6.04 Å². The number of H-pyrrole nitrogens is 1. The van der Waals surface area contributed by atoms with E-state index >= 15 is 0 Å². The Bertz CT molecular complexity index is 638. The molecular weight excluding hydrogens is 317 g/mol. The average Bonchev–Trinajstić information content (AvgIpc) is 2.89. The largest absolute Gasteiger partial charge is 0.480 e. The number of hydrogen-bond acceptors (Lipinski definition) is 3. The van der Waals surface area contributed by atoms with Gasteiger partial charge in [0.05, 0.1) is 6.33 Å². The van der Waals surface area contributed by atoms with Crippen LogP contribution in [0.15, 0.2) is 30.7 Å². The van der Waals surface area contributed by atoms with Crippen LogP contribution in [0, 0.1) is 0 Å². The van der Waals surface area contributed by atoms with Crippen molar-refractivity contribution in [2.45, 2.75) is 12.5 Å². The van der Waals surface area contributed by atoms with Crippen LogP contribution in [0.25, 0.3) is 0 Å². The number of nitrogens with zero attached hydrogens (tertiary/aromatic N) is 1. The van der Waals surface area contributed by atoms with E-state index in [0.29, 0.717) is 15.7 Å². The smallest absolute Gasteiger partial charge is 0.326 e. The van der Waals surface area contributed by atoms with Crippen molar-refractivity contribution in [3.05, 3.63) is 52.0 Å². The van der Waals surface area contributed by atoms with Crippen LogP contribution in [0.2, 0.25) is 10.0 Å². The van der Waals surface area contributed by atoms with Gasteiger partial charge in [0.15, 0.2) is 0 Å². The molecule has 110 valence electrons. The third-order valence-corrected chi connectivity index (χ3v) is 3.14. The van der Waals surface area contributed by atoms with Crippen molar-refractivity contribution in [3.63, 3.8) is 0 Å². The van der Waals surface area contributed by atoms with Crippen LogP contribution in [0.1, 0.15) is 16.1 Å². The molecule has 1 atom stereocenters. The molecule has 1 heterocycles. The van der Waals surface area contributed by atoms with Gasteiger partial charge in [0.2, 0.25) is 0 Å². The lowest BCUT2D eigenvalue weighted by atomic mass is 10.1. The van der Waals surface area contributed by atoms with Crippen molar-refractivity contribution < 1.29 is 14.7 Å². The second-order valence-electron chi connectivity index (χ2n) is 4.30. The second kappa shape index (κ2) is 6.60. The van der Waals surface area contributed by atoms with E-state index in [-0.39, 0.29) is 12.0 Å². The summed E-state index contributed by atoms with van der Waals surface area (Å²) in [7, 11) is 0. The average molecular weight is 328 g/mol. The Morgan fingerprint density at radius 1 is 1.29 bits per heavy atom. The third kappa shape index (κ3) is 4.21. The van der Waals surface area contributed by atoms with E-state index in [2.05, 4.69) is 15.3 Å². The van der Waals surface area contributed by atoms with Gasteiger partial charge in [-0.05, 0) is 18.2 Å². The summed E-state index contributed by atoms with van der Waals surface area (Å²) in [5.74, 6) is -1.71. The van der Waals surface area contributed by atoms with Crippen LogP contribution in [0.5, 0.6) is 0 Å². The summed E-state index contributed by atoms with van der Waals surface area (Å²) in [4.78, 5) is 29.9. The van der Waals surface area contributed by atoms with Crippen molar-refractivity contribution in [1.29, 1.82) is 0 Å². The van der Waals surface area contributed by atoms with Crippen LogP contribution < -0.4 is 5.32 Å². The molecule has 0 bridgehead atoms. The summed E-state index contributed by atoms with van der Waals surface area (Å²) < 4.78 is 0. The number of carboxylic acid groups (broad SMARTS) is 1. The van der Waals surface area contributed by atoms with E-state index in [1.165, 1.54) is 30.7 Å². The van der Waals surface area contributed by atoms with Gasteiger partial charge in [-0.2, -0.15) is 0 Å². The maximum Gasteiger partial charge on any atom is 0.326 e. The first-order valence-corrected chi connectivity index (χ1v) is 6.68. The molecule has 8 heteroatoms. The fourth-order valence-corrected chi connectivity index (χ4v) is 2.27. The molecule has 0 radical (unpaired) electrons. The number of aromatic amines is 1. The van der Waals surface area contributed by atoms with Gasteiger partial charge < -0.3 is 15.4 Å². The predicted molar refractivity (Wildman–Crippen MR) is 77.6 cm³/mol. The minimum absolute atomic E-state index is 0.0926. The molecule has 2 rings (SSSR count). The Morgan fingerprint density at radius 3 is 2.48 bits per heavy atom. The molecule has 1 aromatic heterocycles. The number of hydrogen-bond donors (Lipinski definition) is 3. The van der Waals surface area contributed by atoms with Crippen molar-refractivity contribution in [2.75, 3.05) is 0 Å². The lowest BCUT2D eigenvalue weighted by molar-refractivity contribution is -0.139. The van der Waals surface area contributed by atoms with Crippen LogP contribution in [0.4, 0.5) is 0 Å². The van der Waals surface area contributed by atoms with Gasteiger partial charge in [-0.1, -0.05) is 23.2 Å². The maximum atomic E-state index is 12.1. The van der Waals surface area contributed by atoms with Crippen molar-refractivity contribution in [3.8, 4) is 0 Å². The number of halogens is 2. The van der Waals surface area contributed by atoms with E-state index in [4.69, 9.17) is 23.2 Å². The number of amides is 1. The zero-order valence-electron chi connectivity index (χ0n) is 10.6.